The van der Waals surface area contributed by atoms with Crippen LogP contribution in [-0.4, -0.2) is 11.0 Å². The number of nitrogens with zero attached hydrogens (tertiary/aromatic N) is 1. The molecule has 0 unspecified atom stereocenters. The van der Waals surface area contributed by atoms with Gasteiger partial charge in [0.1, 0.15) is 11.6 Å². The molecule has 0 amide bonds. The average molecular weight is 283 g/mol. The second kappa shape index (κ2) is 5.37. The van der Waals surface area contributed by atoms with E-state index >= 15 is 0 Å². The summed E-state index contributed by atoms with van der Waals surface area (Å²) in [6.07, 6.45) is 0. The molecule has 6 heteroatoms. The number of esters is 1. The molecule has 1 aromatic heterocycles. The summed E-state index contributed by atoms with van der Waals surface area (Å²) in [5.74, 6) is -0.475. The number of hydrogen-bond donors (Lipinski definition) is 1. The van der Waals surface area contributed by atoms with E-state index in [9.17, 15) is 4.79 Å². The SMILES string of the molecule is Cc1csc(COC(=O)c2ccc(Cl)cc2N)n1. The summed E-state index contributed by atoms with van der Waals surface area (Å²) >= 11 is 7.21. The average Bonchev–Trinajstić information content (AvgIpc) is 2.72. The van der Waals surface area contributed by atoms with Gasteiger partial charge in [-0.3, -0.25) is 0 Å². The van der Waals surface area contributed by atoms with Crippen molar-refractivity contribution in [1.82, 2.24) is 4.98 Å². The van der Waals surface area contributed by atoms with Gasteiger partial charge in [0.2, 0.25) is 0 Å². The van der Waals surface area contributed by atoms with E-state index in [1.165, 1.54) is 17.4 Å². The largest absolute Gasteiger partial charge is 0.455 e. The van der Waals surface area contributed by atoms with Gasteiger partial charge in [0, 0.05) is 21.8 Å². The molecule has 2 rings (SSSR count). The summed E-state index contributed by atoms with van der Waals surface area (Å²) in [6.45, 7) is 2.04. The fourth-order valence-electron chi connectivity index (χ4n) is 1.39. The van der Waals surface area contributed by atoms with Crippen molar-refractivity contribution in [2.24, 2.45) is 0 Å². The van der Waals surface area contributed by atoms with Crippen molar-refractivity contribution in [3.63, 3.8) is 0 Å². The Kier molecular flexibility index (Phi) is 3.84. The van der Waals surface area contributed by atoms with E-state index in [1.54, 1.807) is 12.1 Å². The first-order valence-corrected chi connectivity index (χ1v) is 6.45. The molecule has 0 aliphatic carbocycles. The summed E-state index contributed by atoms with van der Waals surface area (Å²) in [4.78, 5) is 16.0. The second-order valence-electron chi connectivity index (χ2n) is 3.69. The number of anilines is 1. The van der Waals surface area contributed by atoms with Gasteiger partial charge in [0.05, 0.1) is 5.56 Å². The summed E-state index contributed by atoms with van der Waals surface area (Å²) in [7, 11) is 0. The molecule has 4 nitrogen and oxygen atoms in total. The highest BCUT2D eigenvalue weighted by atomic mass is 35.5. The number of aryl methyl sites for hydroxylation is 1. The van der Waals surface area contributed by atoms with Crippen LogP contribution >= 0.6 is 22.9 Å². The number of nitrogens with two attached hydrogens (primary N) is 1. The Morgan fingerprint density at radius 2 is 2.33 bits per heavy atom. The Bertz CT molecular complexity index is 583. The maximum atomic E-state index is 11.8. The van der Waals surface area contributed by atoms with Crippen LogP contribution in [-0.2, 0) is 11.3 Å². The summed E-state index contributed by atoms with van der Waals surface area (Å²) in [5, 5.41) is 3.15. The number of hydrogen-bond acceptors (Lipinski definition) is 5. The normalized spacial score (nSPS) is 10.3. The summed E-state index contributed by atoms with van der Waals surface area (Å²) in [6, 6.07) is 4.67. The highest BCUT2D eigenvalue weighted by Crippen LogP contribution is 2.19. The second-order valence-corrected chi connectivity index (χ2v) is 5.07. The molecule has 0 bridgehead atoms. The molecule has 0 radical (unpaired) electrons. The van der Waals surface area contributed by atoms with Crippen molar-refractivity contribution >= 4 is 34.6 Å². The van der Waals surface area contributed by atoms with Gasteiger partial charge in [0.25, 0.3) is 0 Å². The molecule has 0 spiro atoms. The lowest BCUT2D eigenvalue weighted by Crippen LogP contribution is -2.08. The number of nitrogen functional groups attached to an aromatic ring is 1. The van der Waals surface area contributed by atoms with Crippen molar-refractivity contribution in [3.05, 3.63) is 44.9 Å². The van der Waals surface area contributed by atoms with Crippen LogP contribution in [0.15, 0.2) is 23.6 Å². The van der Waals surface area contributed by atoms with Gasteiger partial charge < -0.3 is 10.5 Å². The van der Waals surface area contributed by atoms with Crippen LogP contribution in [0.1, 0.15) is 21.1 Å². The predicted molar refractivity (Wildman–Crippen MR) is 71.8 cm³/mol. The summed E-state index contributed by atoms with van der Waals surface area (Å²) in [5.41, 5.74) is 7.23. The molecule has 1 aromatic carbocycles. The Labute approximate surface area is 113 Å². The standard InChI is InChI=1S/C12H11ClN2O2S/c1-7-6-18-11(15-7)5-17-12(16)9-3-2-8(13)4-10(9)14/h2-4,6H,5,14H2,1H3. The smallest absolute Gasteiger partial charge is 0.340 e. The van der Waals surface area contributed by atoms with Crippen LogP contribution in [0.4, 0.5) is 5.69 Å². The number of carbonyl (C=O) groups excluding carboxylic acids is 1. The fourth-order valence-corrected chi connectivity index (χ4v) is 2.26. The van der Waals surface area contributed by atoms with Crippen molar-refractivity contribution in [1.29, 1.82) is 0 Å². The van der Waals surface area contributed by atoms with E-state index in [1.807, 2.05) is 12.3 Å². The fraction of sp³-hybridized carbons (Fsp3) is 0.167. The van der Waals surface area contributed by atoms with Gasteiger partial charge in [-0.15, -0.1) is 11.3 Å². The zero-order valence-corrected chi connectivity index (χ0v) is 11.2. The Morgan fingerprint density at radius 1 is 1.56 bits per heavy atom. The topological polar surface area (TPSA) is 65.2 Å². The molecule has 0 saturated heterocycles. The highest BCUT2D eigenvalue weighted by Gasteiger charge is 2.12. The lowest BCUT2D eigenvalue weighted by atomic mass is 10.2. The van der Waals surface area contributed by atoms with Gasteiger partial charge in [-0.05, 0) is 25.1 Å². The van der Waals surface area contributed by atoms with Gasteiger partial charge in [-0.1, -0.05) is 11.6 Å². The minimum atomic E-state index is -0.475. The highest BCUT2D eigenvalue weighted by molar-refractivity contribution is 7.09. The molecule has 2 N–H and O–H groups in total. The van der Waals surface area contributed by atoms with Crippen LogP contribution < -0.4 is 5.73 Å². The van der Waals surface area contributed by atoms with Crippen LogP contribution in [0.3, 0.4) is 0 Å². The van der Waals surface area contributed by atoms with Crippen LogP contribution in [0.5, 0.6) is 0 Å². The molecule has 1 heterocycles. The number of ether oxygens (including phenoxy) is 1. The Morgan fingerprint density at radius 3 is 2.94 bits per heavy atom. The van der Waals surface area contributed by atoms with Crippen molar-refractivity contribution in [3.8, 4) is 0 Å². The number of rotatable bonds is 3. The van der Waals surface area contributed by atoms with E-state index in [2.05, 4.69) is 4.98 Å². The number of aromatic nitrogens is 1. The zero-order valence-electron chi connectivity index (χ0n) is 9.64. The van der Waals surface area contributed by atoms with E-state index in [4.69, 9.17) is 22.1 Å². The van der Waals surface area contributed by atoms with E-state index < -0.39 is 5.97 Å². The molecular weight excluding hydrogens is 272 g/mol. The third-order valence-electron chi connectivity index (χ3n) is 2.23. The lowest BCUT2D eigenvalue weighted by Gasteiger charge is -2.05. The first-order chi connectivity index (χ1) is 8.56. The minimum Gasteiger partial charge on any atom is -0.455 e. The number of benzene rings is 1. The molecule has 2 aromatic rings. The molecule has 0 fully saturated rings. The van der Waals surface area contributed by atoms with Crippen molar-refractivity contribution in [2.75, 3.05) is 5.73 Å². The zero-order chi connectivity index (χ0) is 13.1. The van der Waals surface area contributed by atoms with Gasteiger partial charge in [0.15, 0.2) is 0 Å². The van der Waals surface area contributed by atoms with Gasteiger partial charge >= 0.3 is 5.97 Å². The van der Waals surface area contributed by atoms with E-state index in [0.717, 1.165) is 10.7 Å². The molecule has 0 saturated carbocycles. The Balaban J connectivity index is 2.03. The van der Waals surface area contributed by atoms with Crippen LogP contribution in [0.25, 0.3) is 0 Å². The molecule has 0 atom stereocenters. The Hall–Kier alpha value is -1.59. The lowest BCUT2D eigenvalue weighted by molar-refractivity contribution is 0.0473. The molecule has 94 valence electrons. The maximum absolute atomic E-state index is 11.8. The molecule has 0 aliphatic rings. The van der Waals surface area contributed by atoms with E-state index in [-0.39, 0.29) is 6.61 Å². The van der Waals surface area contributed by atoms with E-state index in [0.29, 0.717) is 16.3 Å². The number of thiazole rings is 1. The van der Waals surface area contributed by atoms with Crippen molar-refractivity contribution in [2.45, 2.75) is 13.5 Å². The van der Waals surface area contributed by atoms with Gasteiger partial charge in [-0.25, -0.2) is 9.78 Å². The molecule has 18 heavy (non-hydrogen) atoms. The third-order valence-corrected chi connectivity index (χ3v) is 3.40. The van der Waals surface area contributed by atoms with Gasteiger partial charge in [-0.2, -0.15) is 0 Å². The predicted octanol–water partition coefficient (Wildman–Crippen LogP) is 3.04. The third kappa shape index (κ3) is 3.00. The monoisotopic (exact) mass is 282 g/mol. The summed E-state index contributed by atoms with van der Waals surface area (Å²) < 4.78 is 5.13. The van der Waals surface area contributed by atoms with Crippen LogP contribution in [0.2, 0.25) is 5.02 Å². The van der Waals surface area contributed by atoms with Crippen molar-refractivity contribution < 1.29 is 9.53 Å². The number of halogens is 1. The first kappa shape index (κ1) is 12.9. The molecular formula is C12H11ClN2O2S. The quantitative estimate of drug-likeness (QED) is 0.694. The maximum Gasteiger partial charge on any atom is 0.340 e. The first-order valence-electron chi connectivity index (χ1n) is 5.19. The number of carbonyl (C=O) groups is 1. The van der Waals surface area contributed by atoms with Crippen LogP contribution in [0, 0.1) is 6.92 Å². The minimum absolute atomic E-state index is 0.152. The molecule has 0 aliphatic heterocycles.